The van der Waals surface area contributed by atoms with Gasteiger partial charge in [-0.3, -0.25) is 0 Å². The minimum atomic E-state index is 0.601. The molecule has 1 N–H and O–H groups in total. The van der Waals surface area contributed by atoms with E-state index in [0.29, 0.717) is 6.54 Å². The van der Waals surface area contributed by atoms with E-state index in [9.17, 15) is 0 Å². The van der Waals surface area contributed by atoms with E-state index in [1.165, 1.54) is 5.56 Å². The molecule has 0 radical (unpaired) electrons. The fraction of sp³-hybridized carbons (Fsp3) is 0.111. The quantitative estimate of drug-likeness (QED) is 0.582. The molecule has 5 heteroatoms. The molecule has 0 amide bonds. The monoisotopic (exact) mass is 321 g/mol. The van der Waals surface area contributed by atoms with Gasteiger partial charge in [0.05, 0.1) is 11.9 Å². The summed E-state index contributed by atoms with van der Waals surface area (Å²) >= 11 is 1.63. The Morgan fingerprint density at radius 3 is 2.74 bits per heavy atom. The van der Waals surface area contributed by atoms with Gasteiger partial charge in [0, 0.05) is 10.9 Å². The highest BCUT2D eigenvalue weighted by molar-refractivity contribution is 7.17. The molecule has 0 bridgehead atoms. The highest BCUT2D eigenvalue weighted by Gasteiger charge is 2.13. The summed E-state index contributed by atoms with van der Waals surface area (Å²) in [4.78, 5) is 9.80. The number of hydrogen-bond donors (Lipinski definition) is 1. The molecule has 0 aliphatic carbocycles. The summed E-state index contributed by atoms with van der Waals surface area (Å²) in [6.07, 6.45) is 1.60. The van der Waals surface area contributed by atoms with Crippen LogP contribution in [0.25, 0.3) is 21.3 Å². The fourth-order valence-corrected chi connectivity index (χ4v) is 3.51. The van der Waals surface area contributed by atoms with Gasteiger partial charge in [0.25, 0.3) is 0 Å². The Bertz CT molecular complexity index is 943. The highest BCUT2D eigenvalue weighted by atomic mass is 32.1. The zero-order valence-electron chi connectivity index (χ0n) is 12.6. The molecule has 0 aliphatic heterocycles. The van der Waals surface area contributed by atoms with Crippen LogP contribution in [0.4, 0.5) is 5.82 Å². The molecule has 0 saturated carbocycles. The summed E-state index contributed by atoms with van der Waals surface area (Å²) in [5, 5.41) is 6.57. The number of nitrogens with zero attached hydrogens (tertiary/aromatic N) is 2. The molecule has 0 aliphatic rings. The maximum absolute atomic E-state index is 5.61. The molecular formula is C18H15N3OS. The Morgan fingerprint density at radius 1 is 1.09 bits per heavy atom. The molecule has 4 nitrogen and oxygen atoms in total. The molecule has 1 aromatic carbocycles. The molecule has 0 atom stereocenters. The van der Waals surface area contributed by atoms with E-state index in [0.717, 1.165) is 33.1 Å². The SMILES string of the molecule is Cc1ccc(CNc2ncnc3scc(-c4ccccc4)c23)o1. The van der Waals surface area contributed by atoms with Gasteiger partial charge in [-0.05, 0) is 24.6 Å². The second kappa shape index (κ2) is 5.85. The number of nitrogens with one attached hydrogen (secondary N) is 1. The lowest BCUT2D eigenvalue weighted by Gasteiger charge is -2.07. The third kappa shape index (κ3) is 2.71. The maximum Gasteiger partial charge on any atom is 0.139 e. The number of aromatic nitrogens is 2. The number of hydrogen-bond acceptors (Lipinski definition) is 5. The Labute approximate surface area is 137 Å². The van der Waals surface area contributed by atoms with Gasteiger partial charge in [-0.2, -0.15) is 0 Å². The lowest BCUT2D eigenvalue weighted by atomic mass is 10.1. The second-order valence-electron chi connectivity index (χ2n) is 5.28. The lowest BCUT2D eigenvalue weighted by Crippen LogP contribution is -2.01. The van der Waals surface area contributed by atoms with E-state index in [1.54, 1.807) is 17.7 Å². The summed E-state index contributed by atoms with van der Waals surface area (Å²) in [5.74, 6) is 2.64. The maximum atomic E-state index is 5.61. The molecule has 23 heavy (non-hydrogen) atoms. The average Bonchev–Trinajstić information content (AvgIpc) is 3.20. The number of thiophene rings is 1. The largest absolute Gasteiger partial charge is 0.465 e. The topological polar surface area (TPSA) is 51.0 Å². The molecule has 4 aromatic rings. The predicted octanol–water partition coefficient (Wildman–Crippen LogP) is 4.87. The number of anilines is 1. The number of furan rings is 1. The molecule has 3 aromatic heterocycles. The zero-order chi connectivity index (χ0) is 15.6. The first-order chi connectivity index (χ1) is 11.3. The van der Waals surface area contributed by atoms with Gasteiger partial charge in [0.2, 0.25) is 0 Å². The van der Waals surface area contributed by atoms with Crippen LogP contribution in [-0.4, -0.2) is 9.97 Å². The van der Waals surface area contributed by atoms with E-state index in [-0.39, 0.29) is 0 Å². The van der Waals surface area contributed by atoms with Crippen LogP contribution in [0.2, 0.25) is 0 Å². The average molecular weight is 321 g/mol. The molecule has 3 heterocycles. The Morgan fingerprint density at radius 2 is 1.96 bits per heavy atom. The van der Waals surface area contributed by atoms with Gasteiger partial charge in [-0.15, -0.1) is 11.3 Å². The van der Waals surface area contributed by atoms with Gasteiger partial charge in [-0.25, -0.2) is 9.97 Å². The van der Waals surface area contributed by atoms with Crippen LogP contribution in [0.5, 0.6) is 0 Å². The molecule has 0 spiro atoms. The van der Waals surface area contributed by atoms with Crippen LogP contribution in [0.15, 0.2) is 58.6 Å². The number of fused-ring (bicyclic) bond motifs is 1. The van der Waals surface area contributed by atoms with Crippen molar-refractivity contribution in [1.29, 1.82) is 0 Å². The van der Waals surface area contributed by atoms with Crippen molar-refractivity contribution in [1.82, 2.24) is 9.97 Å². The van der Waals surface area contributed by atoms with Crippen LogP contribution in [-0.2, 0) is 6.54 Å². The van der Waals surface area contributed by atoms with E-state index < -0.39 is 0 Å². The Hall–Kier alpha value is -2.66. The minimum Gasteiger partial charge on any atom is -0.465 e. The third-order valence-corrected chi connectivity index (χ3v) is 4.57. The van der Waals surface area contributed by atoms with Gasteiger partial charge in [0.15, 0.2) is 0 Å². The number of aryl methyl sites for hydroxylation is 1. The van der Waals surface area contributed by atoms with Crippen molar-refractivity contribution in [2.24, 2.45) is 0 Å². The summed E-state index contributed by atoms with van der Waals surface area (Å²) < 4.78 is 5.61. The lowest BCUT2D eigenvalue weighted by molar-refractivity contribution is 0.490. The van der Waals surface area contributed by atoms with Gasteiger partial charge in [0.1, 0.15) is 28.5 Å². The fourth-order valence-electron chi connectivity index (χ4n) is 2.59. The van der Waals surface area contributed by atoms with Crippen molar-refractivity contribution in [3.05, 3.63) is 65.7 Å². The zero-order valence-corrected chi connectivity index (χ0v) is 13.4. The highest BCUT2D eigenvalue weighted by Crippen LogP contribution is 2.36. The van der Waals surface area contributed by atoms with E-state index in [4.69, 9.17) is 4.42 Å². The third-order valence-electron chi connectivity index (χ3n) is 3.68. The van der Waals surface area contributed by atoms with Crippen molar-refractivity contribution in [3.63, 3.8) is 0 Å². The minimum absolute atomic E-state index is 0.601. The molecule has 0 fully saturated rings. The first kappa shape index (κ1) is 14.0. The number of rotatable bonds is 4. The first-order valence-electron chi connectivity index (χ1n) is 7.38. The molecule has 4 rings (SSSR count). The molecule has 114 valence electrons. The Kier molecular flexibility index (Phi) is 3.55. The van der Waals surface area contributed by atoms with Gasteiger partial charge < -0.3 is 9.73 Å². The molecular weight excluding hydrogens is 306 g/mol. The van der Waals surface area contributed by atoms with Crippen LogP contribution in [0.3, 0.4) is 0 Å². The van der Waals surface area contributed by atoms with Crippen molar-refractivity contribution in [2.75, 3.05) is 5.32 Å². The standard InChI is InChI=1S/C18H15N3OS/c1-12-7-8-14(22-12)9-19-17-16-15(13-5-3-2-4-6-13)10-23-18(16)21-11-20-17/h2-8,10-11H,9H2,1H3,(H,19,20,21). The van der Waals surface area contributed by atoms with Crippen molar-refractivity contribution in [2.45, 2.75) is 13.5 Å². The van der Waals surface area contributed by atoms with E-state index in [2.05, 4.69) is 32.8 Å². The summed E-state index contributed by atoms with van der Waals surface area (Å²) in [6.45, 7) is 2.54. The number of benzene rings is 1. The molecule has 0 unspecified atom stereocenters. The molecule has 0 saturated heterocycles. The summed E-state index contributed by atoms with van der Waals surface area (Å²) in [6, 6.07) is 14.3. The van der Waals surface area contributed by atoms with Crippen LogP contribution >= 0.6 is 11.3 Å². The smallest absolute Gasteiger partial charge is 0.139 e. The van der Waals surface area contributed by atoms with Gasteiger partial charge >= 0.3 is 0 Å². The van der Waals surface area contributed by atoms with Crippen LogP contribution in [0.1, 0.15) is 11.5 Å². The van der Waals surface area contributed by atoms with Crippen molar-refractivity contribution < 1.29 is 4.42 Å². The summed E-state index contributed by atoms with van der Waals surface area (Å²) in [7, 11) is 0. The van der Waals surface area contributed by atoms with Gasteiger partial charge in [-0.1, -0.05) is 30.3 Å². The van der Waals surface area contributed by atoms with Crippen molar-refractivity contribution >= 4 is 27.4 Å². The van der Waals surface area contributed by atoms with Crippen LogP contribution < -0.4 is 5.32 Å². The Balaban J connectivity index is 1.73. The van der Waals surface area contributed by atoms with E-state index in [1.807, 2.05) is 37.3 Å². The predicted molar refractivity (Wildman–Crippen MR) is 93.6 cm³/mol. The first-order valence-corrected chi connectivity index (χ1v) is 8.26. The van der Waals surface area contributed by atoms with Crippen LogP contribution in [0, 0.1) is 6.92 Å². The van der Waals surface area contributed by atoms with E-state index >= 15 is 0 Å². The second-order valence-corrected chi connectivity index (χ2v) is 6.14. The normalized spacial score (nSPS) is 11.0. The van der Waals surface area contributed by atoms with Crippen molar-refractivity contribution in [3.8, 4) is 11.1 Å². The summed E-state index contributed by atoms with van der Waals surface area (Å²) in [5.41, 5.74) is 2.33.